The summed E-state index contributed by atoms with van der Waals surface area (Å²) in [6, 6.07) is 6.49. The lowest BCUT2D eigenvalue weighted by atomic mass is 10.1. The molecule has 2 nitrogen and oxygen atoms in total. The van der Waals surface area contributed by atoms with Crippen molar-refractivity contribution in [1.29, 1.82) is 0 Å². The van der Waals surface area contributed by atoms with Gasteiger partial charge in [0, 0.05) is 19.6 Å². The highest BCUT2D eigenvalue weighted by molar-refractivity contribution is 5.74. The molecule has 1 N–H and O–H groups in total. The second-order valence-electron chi connectivity index (χ2n) is 3.83. The summed E-state index contributed by atoms with van der Waals surface area (Å²) in [5, 5.41) is 3.49. The van der Waals surface area contributed by atoms with Crippen molar-refractivity contribution < 1.29 is 0 Å². The Hall–Kier alpha value is -1.18. The number of benzene rings is 1. The number of aryl methyl sites for hydroxylation is 1. The van der Waals surface area contributed by atoms with E-state index in [0.29, 0.717) is 0 Å². The van der Waals surface area contributed by atoms with Crippen LogP contribution >= 0.6 is 0 Å². The van der Waals surface area contributed by atoms with Crippen LogP contribution < -0.4 is 10.2 Å². The fourth-order valence-corrected chi connectivity index (χ4v) is 2.14. The lowest BCUT2D eigenvalue weighted by molar-refractivity contribution is 0.784. The molecule has 1 aliphatic heterocycles. The average Bonchev–Trinajstić information content (AvgIpc) is 2.40. The van der Waals surface area contributed by atoms with Gasteiger partial charge in [0.15, 0.2) is 0 Å². The van der Waals surface area contributed by atoms with Crippen molar-refractivity contribution >= 4 is 11.4 Å². The van der Waals surface area contributed by atoms with Gasteiger partial charge >= 0.3 is 0 Å². The van der Waals surface area contributed by atoms with Crippen LogP contribution in [0.25, 0.3) is 0 Å². The standard InChI is InChI=1S/C12H18N2/c1-3-14-9-5-8-13-11-7-4-6-10(2)12(11)14/h4,6-7,13H,3,5,8-9H2,1-2H3. The van der Waals surface area contributed by atoms with Gasteiger partial charge in [-0.15, -0.1) is 0 Å². The SMILES string of the molecule is CCN1CCCNc2cccc(C)c21. The van der Waals surface area contributed by atoms with Crippen LogP contribution in [-0.2, 0) is 0 Å². The van der Waals surface area contributed by atoms with Gasteiger partial charge < -0.3 is 10.2 Å². The Kier molecular flexibility index (Phi) is 2.62. The molecule has 1 aromatic carbocycles. The van der Waals surface area contributed by atoms with E-state index in [9.17, 15) is 0 Å². The lowest BCUT2D eigenvalue weighted by Gasteiger charge is -2.24. The molecule has 0 saturated heterocycles. The number of fused-ring (bicyclic) bond motifs is 1. The van der Waals surface area contributed by atoms with Gasteiger partial charge in [-0.2, -0.15) is 0 Å². The lowest BCUT2D eigenvalue weighted by Crippen LogP contribution is -2.23. The molecule has 1 aromatic rings. The average molecular weight is 190 g/mol. The molecule has 14 heavy (non-hydrogen) atoms. The van der Waals surface area contributed by atoms with Gasteiger partial charge in [0.25, 0.3) is 0 Å². The number of anilines is 2. The molecule has 0 unspecified atom stereocenters. The first-order valence-corrected chi connectivity index (χ1v) is 5.41. The van der Waals surface area contributed by atoms with Crippen molar-refractivity contribution in [2.45, 2.75) is 20.3 Å². The van der Waals surface area contributed by atoms with E-state index in [1.807, 2.05) is 0 Å². The van der Waals surface area contributed by atoms with E-state index in [4.69, 9.17) is 0 Å². The minimum absolute atomic E-state index is 1.09. The van der Waals surface area contributed by atoms with Crippen LogP contribution in [0.4, 0.5) is 11.4 Å². The number of para-hydroxylation sites is 1. The molecule has 2 heteroatoms. The van der Waals surface area contributed by atoms with Gasteiger partial charge in [-0.3, -0.25) is 0 Å². The monoisotopic (exact) mass is 190 g/mol. The van der Waals surface area contributed by atoms with E-state index < -0.39 is 0 Å². The van der Waals surface area contributed by atoms with Crippen molar-refractivity contribution in [3.63, 3.8) is 0 Å². The topological polar surface area (TPSA) is 15.3 Å². The van der Waals surface area contributed by atoms with E-state index in [2.05, 4.69) is 42.3 Å². The predicted molar refractivity (Wildman–Crippen MR) is 62.2 cm³/mol. The third-order valence-electron chi connectivity index (χ3n) is 2.86. The zero-order chi connectivity index (χ0) is 9.97. The highest BCUT2D eigenvalue weighted by atomic mass is 15.2. The highest BCUT2D eigenvalue weighted by Crippen LogP contribution is 2.31. The first-order valence-electron chi connectivity index (χ1n) is 5.41. The van der Waals surface area contributed by atoms with Gasteiger partial charge in [-0.1, -0.05) is 12.1 Å². The molecule has 76 valence electrons. The predicted octanol–water partition coefficient (Wildman–Crippen LogP) is 2.64. The van der Waals surface area contributed by atoms with Crippen LogP contribution in [0.5, 0.6) is 0 Å². The van der Waals surface area contributed by atoms with E-state index in [-0.39, 0.29) is 0 Å². The van der Waals surface area contributed by atoms with Crippen molar-refractivity contribution in [2.75, 3.05) is 29.9 Å². The van der Waals surface area contributed by atoms with Crippen molar-refractivity contribution in [3.8, 4) is 0 Å². The zero-order valence-electron chi connectivity index (χ0n) is 9.01. The number of rotatable bonds is 1. The minimum Gasteiger partial charge on any atom is -0.383 e. The van der Waals surface area contributed by atoms with Crippen LogP contribution in [0, 0.1) is 6.92 Å². The Morgan fingerprint density at radius 2 is 2.29 bits per heavy atom. The Morgan fingerprint density at radius 3 is 3.07 bits per heavy atom. The maximum absolute atomic E-state index is 3.49. The molecule has 0 saturated carbocycles. The molecule has 0 fully saturated rings. The summed E-state index contributed by atoms with van der Waals surface area (Å²) in [5.74, 6) is 0. The summed E-state index contributed by atoms with van der Waals surface area (Å²) < 4.78 is 0. The van der Waals surface area contributed by atoms with E-state index >= 15 is 0 Å². The first-order chi connectivity index (χ1) is 6.83. The zero-order valence-corrected chi connectivity index (χ0v) is 9.01. The summed E-state index contributed by atoms with van der Waals surface area (Å²) in [4.78, 5) is 2.46. The highest BCUT2D eigenvalue weighted by Gasteiger charge is 2.14. The van der Waals surface area contributed by atoms with Crippen LogP contribution in [0.2, 0.25) is 0 Å². The number of hydrogen-bond donors (Lipinski definition) is 1. The van der Waals surface area contributed by atoms with Crippen LogP contribution in [0.3, 0.4) is 0 Å². The molecule has 0 spiro atoms. The molecule has 0 radical (unpaired) electrons. The van der Waals surface area contributed by atoms with Crippen molar-refractivity contribution in [2.24, 2.45) is 0 Å². The van der Waals surface area contributed by atoms with Gasteiger partial charge in [-0.25, -0.2) is 0 Å². The second kappa shape index (κ2) is 3.91. The Labute approximate surface area is 85.9 Å². The molecular weight excluding hydrogens is 172 g/mol. The summed E-state index contributed by atoms with van der Waals surface area (Å²) >= 11 is 0. The van der Waals surface area contributed by atoms with E-state index in [0.717, 1.165) is 13.1 Å². The maximum atomic E-state index is 3.49. The Morgan fingerprint density at radius 1 is 1.43 bits per heavy atom. The van der Waals surface area contributed by atoms with Crippen LogP contribution in [-0.4, -0.2) is 19.6 Å². The van der Waals surface area contributed by atoms with Gasteiger partial charge in [0.05, 0.1) is 11.4 Å². The van der Waals surface area contributed by atoms with Crippen LogP contribution in [0.1, 0.15) is 18.9 Å². The number of nitrogens with zero attached hydrogens (tertiary/aromatic N) is 1. The summed E-state index contributed by atoms with van der Waals surface area (Å²) in [5.41, 5.74) is 4.07. The van der Waals surface area contributed by atoms with Crippen molar-refractivity contribution in [3.05, 3.63) is 23.8 Å². The van der Waals surface area contributed by atoms with Gasteiger partial charge in [0.2, 0.25) is 0 Å². The molecule has 0 aliphatic carbocycles. The normalized spacial score (nSPS) is 15.7. The van der Waals surface area contributed by atoms with Gasteiger partial charge in [0.1, 0.15) is 0 Å². The Bertz CT molecular complexity index is 320. The fraction of sp³-hybridized carbons (Fsp3) is 0.500. The molecule has 0 amide bonds. The fourth-order valence-electron chi connectivity index (χ4n) is 2.14. The Balaban J connectivity index is 2.45. The molecule has 2 rings (SSSR count). The van der Waals surface area contributed by atoms with Crippen LogP contribution in [0.15, 0.2) is 18.2 Å². The molecule has 1 heterocycles. The molecule has 1 aliphatic rings. The summed E-state index contributed by atoms with van der Waals surface area (Å²) in [7, 11) is 0. The summed E-state index contributed by atoms with van der Waals surface area (Å²) in [6.45, 7) is 7.77. The molecule has 0 aromatic heterocycles. The van der Waals surface area contributed by atoms with E-state index in [1.165, 1.54) is 29.9 Å². The quantitative estimate of drug-likeness (QED) is 0.732. The smallest absolute Gasteiger partial charge is 0.0631 e. The van der Waals surface area contributed by atoms with E-state index in [1.54, 1.807) is 0 Å². The maximum Gasteiger partial charge on any atom is 0.0631 e. The largest absolute Gasteiger partial charge is 0.383 e. The third kappa shape index (κ3) is 1.57. The second-order valence-corrected chi connectivity index (χ2v) is 3.83. The number of hydrogen-bond acceptors (Lipinski definition) is 2. The van der Waals surface area contributed by atoms with Gasteiger partial charge in [-0.05, 0) is 31.9 Å². The first kappa shape index (κ1) is 9.38. The third-order valence-corrected chi connectivity index (χ3v) is 2.86. The summed E-state index contributed by atoms with van der Waals surface area (Å²) in [6.07, 6.45) is 1.22. The molecular formula is C12H18N2. The molecule has 0 bridgehead atoms. The van der Waals surface area contributed by atoms with Crippen molar-refractivity contribution in [1.82, 2.24) is 0 Å². The minimum atomic E-state index is 1.09. The molecule has 0 atom stereocenters. The number of nitrogens with one attached hydrogen (secondary N) is 1.